The topological polar surface area (TPSA) is 137 Å². The highest BCUT2D eigenvalue weighted by Crippen LogP contribution is 2.29. The first-order valence-electron chi connectivity index (χ1n) is 9.37. The summed E-state index contributed by atoms with van der Waals surface area (Å²) < 4.78 is 28.6. The fourth-order valence-electron chi connectivity index (χ4n) is 2.89. The Morgan fingerprint density at radius 1 is 1.03 bits per heavy atom. The number of hydrogen-bond acceptors (Lipinski definition) is 7. The van der Waals surface area contributed by atoms with Crippen molar-refractivity contribution in [3.8, 4) is 6.07 Å². The lowest BCUT2D eigenvalue weighted by Crippen LogP contribution is -2.16. The van der Waals surface area contributed by atoms with Crippen molar-refractivity contribution in [2.45, 2.75) is 18.7 Å². The molecule has 0 heterocycles. The van der Waals surface area contributed by atoms with E-state index in [0.29, 0.717) is 22.4 Å². The van der Waals surface area contributed by atoms with E-state index in [4.69, 9.17) is 5.26 Å². The predicted octanol–water partition coefficient (Wildman–Crippen LogP) is 4.33. The van der Waals surface area contributed by atoms with E-state index in [1.165, 1.54) is 18.3 Å². The number of nitro groups is 1. The maximum Gasteiger partial charge on any atom is 0.270 e. The molecule has 162 valence electrons. The summed E-state index contributed by atoms with van der Waals surface area (Å²) in [6.07, 6.45) is 1.44. The van der Waals surface area contributed by atoms with E-state index >= 15 is 0 Å². The van der Waals surface area contributed by atoms with Crippen LogP contribution in [0.2, 0.25) is 0 Å². The van der Waals surface area contributed by atoms with Gasteiger partial charge in [0.1, 0.15) is 4.90 Å². The van der Waals surface area contributed by atoms with Gasteiger partial charge in [-0.1, -0.05) is 29.8 Å². The third-order valence-electron chi connectivity index (χ3n) is 4.53. The van der Waals surface area contributed by atoms with Gasteiger partial charge in [0, 0.05) is 12.1 Å². The smallest absolute Gasteiger partial charge is 0.270 e. The maximum absolute atomic E-state index is 13.1. The second-order valence-electron chi connectivity index (χ2n) is 6.97. The molecule has 0 saturated heterocycles. The molecule has 2 N–H and O–H groups in total. The van der Waals surface area contributed by atoms with Gasteiger partial charge in [-0.05, 0) is 49.2 Å². The summed E-state index contributed by atoms with van der Waals surface area (Å²) in [4.78, 5) is 10.2. The molecule has 0 fully saturated rings. The quantitative estimate of drug-likeness (QED) is 0.313. The average Bonchev–Trinajstić information content (AvgIpc) is 2.76. The van der Waals surface area contributed by atoms with Crippen molar-refractivity contribution in [1.82, 2.24) is 0 Å². The van der Waals surface area contributed by atoms with Crippen LogP contribution in [0.5, 0.6) is 0 Å². The molecule has 0 aliphatic rings. The van der Waals surface area contributed by atoms with Crippen molar-refractivity contribution < 1.29 is 13.3 Å². The summed E-state index contributed by atoms with van der Waals surface area (Å²) in [7, 11) is -4.17. The molecule has 0 aromatic heterocycles. The Morgan fingerprint density at radius 2 is 1.72 bits per heavy atom. The van der Waals surface area contributed by atoms with E-state index in [-0.39, 0.29) is 16.3 Å². The van der Waals surface area contributed by atoms with E-state index in [9.17, 15) is 18.5 Å². The Morgan fingerprint density at radius 3 is 2.34 bits per heavy atom. The van der Waals surface area contributed by atoms with Gasteiger partial charge in [-0.2, -0.15) is 10.4 Å². The van der Waals surface area contributed by atoms with Crippen LogP contribution in [0.15, 0.2) is 70.7 Å². The molecule has 0 atom stereocenters. The van der Waals surface area contributed by atoms with Gasteiger partial charge in [0.2, 0.25) is 0 Å². The van der Waals surface area contributed by atoms with E-state index in [1.807, 2.05) is 19.1 Å². The predicted molar refractivity (Wildman–Crippen MR) is 122 cm³/mol. The number of sulfonamides is 1. The normalized spacial score (nSPS) is 11.2. The number of nitrogens with one attached hydrogen (secondary N) is 2. The van der Waals surface area contributed by atoms with Crippen LogP contribution >= 0.6 is 0 Å². The number of rotatable bonds is 7. The molecule has 0 amide bonds. The molecule has 0 radical (unpaired) electrons. The number of nitro benzene ring substituents is 1. The van der Waals surface area contributed by atoms with Crippen LogP contribution in [0.25, 0.3) is 0 Å². The molecule has 0 saturated carbocycles. The Labute approximate surface area is 185 Å². The third kappa shape index (κ3) is 5.27. The lowest BCUT2D eigenvalue weighted by atomic mass is 10.1. The van der Waals surface area contributed by atoms with Gasteiger partial charge >= 0.3 is 0 Å². The molecular weight excluding hydrogens is 430 g/mol. The summed E-state index contributed by atoms with van der Waals surface area (Å²) in [5, 5.41) is 24.1. The summed E-state index contributed by atoms with van der Waals surface area (Å²) in [5.74, 6) is 0. The molecule has 0 aliphatic heterocycles. The van der Waals surface area contributed by atoms with E-state index < -0.39 is 14.9 Å². The SMILES string of the molecule is Cc1ccc(NS(=O)(=O)c2cc([N+](=O)[O-])ccc2N/N=C/c2ccc(C#N)cc2)c(C)c1. The monoisotopic (exact) mass is 449 g/mol. The van der Waals surface area contributed by atoms with E-state index in [1.54, 1.807) is 43.3 Å². The van der Waals surface area contributed by atoms with Crippen LogP contribution < -0.4 is 10.1 Å². The third-order valence-corrected chi connectivity index (χ3v) is 5.94. The minimum Gasteiger partial charge on any atom is -0.279 e. The Kier molecular flexibility index (Phi) is 6.51. The van der Waals surface area contributed by atoms with Gasteiger partial charge in [-0.15, -0.1) is 0 Å². The fourth-order valence-corrected chi connectivity index (χ4v) is 4.19. The lowest BCUT2D eigenvalue weighted by molar-refractivity contribution is -0.385. The second-order valence-corrected chi connectivity index (χ2v) is 8.62. The minimum absolute atomic E-state index is 0.0674. The number of nitrogens with zero attached hydrogens (tertiary/aromatic N) is 3. The largest absolute Gasteiger partial charge is 0.279 e. The van der Waals surface area contributed by atoms with Crippen molar-refractivity contribution in [3.05, 3.63) is 93.0 Å². The first-order valence-corrected chi connectivity index (χ1v) is 10.9. The Bertz CT molecular complexity index is 1340. The van der Waals surface area contributed by atoms with E-state index in [2.05, 4.69) is 15.2 Å². The van der Waals surface area contributed by atoms with Gasteiger partial charge in [-0.25, -0.2) is 8.42 Å². The lowest BCUT2D eigenvalue weighted by Gasteiger charge is -2.14. The van der Waals surface area contributed by atoms with Crippen LogP contribution in [0, 0.1) is 35.3 Å². The minimum atomic E-state index is -4.17. The zero-order valence-corrected chi connectivity index (χ0v) is 18.1. The highest BCUT2D eigenvalue weighted by Gasteiger charge is 2.23. The standard InChI is InChI=1S/C22H19N5O4S/c1-15-3-9-20(16(2)11-15)26-32(30,31)22-12-19(27(28)29)8-10-21(22)25-24-14-18-6-4-17(13-23)5-7-18/h3-12,14,25-26H,1-2H3/b24-14+. The summed E-state index contributed by atoms with van der Waals surface area (Å²) in [5.41, 5.74) is 5.57. The van der Waals surface area contributed by atoms with Gasteiger partial charge in [0.05, 0.1) is 34.1 Å². The summed E-state index contributed by atoms with van der Waals surface area (Å²) in [6, 6.07) is 17.3. The number of anilines is 2. The average molecular weight is 449 g/mol. The molecule has 0 unspecified atom stereocenters. The second kappa shape index (κ2) is 9.28. The number of non-ortho nitro benzene ring substituents is 1. The van der Waals surface area contributed by atoms with Gasteiger partial charge in [0.25, 0.3) is 15.7 Å². The van der Waals surface area contributed by atoms with Crippen molar-refractivity contribution in [1.29, 1.82) is 5.26 Å². The highest BCUT2D eigenvalue weighted by molar-refractivity contribution is 7.92. The van der Waals surface area contributed by atoms with Crippen LogP contribution in [-0.2, 0) is 10.0 Å². The number of aryl methyl sites for hydroxylation is 2. The number of nitriles is 1. The molecule has 3 rings (SSSR count). The first kappa shape index (κ1) is 22.5. The molecule has 0 aliphatic carbocycles. The van der Waals surface area contributed by atoms with Crippen LogP contribution in [0.3, 0.4) is 0 Å². The zero-order chi connectivity index (χ0) is 23.3. The van der Waals surface area contributed by atoms with Crippen molar-refractivity contribution in [2.24, 2.45) is 5.10 Å². The number of benzene rings is 3. The first-order chi connectivity index (χ1) is 15.2. The van der Waals surface area contributed by atoms with Crippen molar-refractivity contribution in [3.63, 3.8) is 0 Å². The molecule has 10 heteroatoms. The Balaban J connectivity index is 1.93. The molecule has 9 nitrogen and oxygen atoms in total. The highest BCUT2D eigenvalue weighted by atomic mass is 32.2. The number of hydrazone groups is 1. The van der Waals surface area contributed by atoms with Gasteiger partial charge < -0.3 is 0 Å². The molecular formula is C22H19N5O4S. The molecule has 3 aromatic rings. The molecule has 3 aromatic carbocycles. The van der Waals surface area contributed by atoms with Gasteiger partial charge in [-0.3, -0.25) is 20.3 Å². The van der Waals surface area contributed by atoms with Crippen molar-refractivity contribution in [2.75, 3.05) is 10.1 Å². The van der Waals surface area contributed by atoms with Gasteiger partial charge in [0.15, 0.2) is 0 Å². The molecule has 0 bridgehead atoms. The summed E-state index contributed by atoms with van der Waals surface area (Å²) >= 11 is 0. The molecule has 32 heavy (non-hydrogen) atoms. The Hall–Kier alpha value is -4.23. The summed E-state index contributed by atoms with van der Waals surface area (Å²) in [6.45, 7) is 3.65. The van der Waals surface area contributed by atoms with Crippen LogP contribution in [-0.4, -0.2) is 19.6 Å². The fraction of sp³-hybridized carbons (Fsp3) is 0.0909. The molecule has 0 spiro atoms. The van der Waals surface area contributed by atoms with E-state index in [0.717, 1.165) is 11.6 Å². The zero-order valence-electron chi connectivity index (χ0n) is 17.2. The van der Waals surface area contributed by atoms with Crippen LogP contribution in [0.1, 0.15) is 22.3 Å². The maximum atomic E-state index is 13.1. The number of hydrogen-bond donors (Lipinski definition) is 2. The van der Waals surface area contributed by atoms with Crippen LogP contribution in [0.4, 0.5) is 17.1 Å². The van der Waals surface area contributed by atoms with Crippen molar-refractivity contribution >= 4 is 33.3 Å².